The highest BCUT2D eigenvalue weighted by Crippen LogP contribution is 2.15. The smallest absolute Gasteiger partial charge is 0.253 e. The number of carbonyl (C=O) groups is 1. The van der Waals surface area contributed by atoms with Crippen LogP contribution in [0.1, 0.15) is 22.3 Å². The molecule has 4 N–H and O–H groups in total. The fourth-order valence-electron chi connectivity index (χ4n) is 1.54. The first-order valence-corrected chi connectivity index (χ1v) is 7.43. The van der Waals surface area contributed by atoms with E-state index in [1.54, 1.807) is 18.4 Å². The highest BCUT2D eigenvalue weighted by atomic mass is 32.2. The van der Waals surface area contributed by atoms with E-state index in [1.807, 2.05) is 13.0 Å². The molecule has 0 aliphatic rings. The zero-order chi connectivity index (χ0) is 13.5. The monoisotopic (exact) mass is 269 g/mol. The van der Waals surface area contributed by atoms with Gasteiger partial charge in [-0.15, -0.1) is 0 Å². The summed E-state index contributed by atoms with van der Waals surface area (Å²) in [5.74, 6) is 5.78. The maximum absolute atomic E-state index is 11.9. The number of hydrazine groups is 1. The number of nitrogen functional groups attached to an aromatic ring is 1. The van der Waals surface area contributed by atoms with Gasteiger partial charge in [0.25, 0.3) is 5.91 Å². The van der Waals surface area contributed by atoms with Gasteiger partial charge in [-0.2, -0.15) is 0 Å². The number of hydrogen-bond donors (Lipinski definition) is 3. The van der Waals surface area contributed by atoms with Gasteiger partial charge in [-0.3, -0.25) is 14.8 Å². The van der Waals surface area contributed by atoms with Crippen molar-refractivity contribution in [2.45, 2.75) is 13.3 Å². The molecule has 0 fully saturated rings. The topological polar surface area (TPSA) is 84.2 Å². The predicted molar refractivity (Wildman–Crippen MR) is 74.9 cm³/mol. The third-order valence-corrected chi connectivity index (χ3v) is 3.33. The number of anilines is 1. The van der Waals surface area contributed by atoms with E-state index in [-0.39, 0.29) is 5.91 Å². The summed E-state index contributed by atoms with van der Waals surface area (Å²) in [4.78, 5) is 11.9. The second-order valence-electron chi connectivity index (χ2n) is 4.08. The van der Waals surface area contributed by atoms with E-state index in [0.717, 1.165) is 5.56 Å². The Morgan fingerprint density at radius 2 is 2.17 bits per heavy atom. The van der Waals surface area contributed by atoms with Crippen molar-refractivity contribution in [2.24, 2.45) is 5.84 Å². The molecule has 1 aromatic carbocycles. The molecule has 0 aliphatic heterocycles. The third kappa shape index (κ3) is 4.46. The molecule has 1 atom stereocenters. The Hall–Kier alpha value is -1.40. The summed E-state index contributed by atoms with van der Waals surface area (Å²) in [5, 5.41) is 2.79. The second kappa shape index (κ2) is 7.13. The highest BCUT2D eigenvalue weighted by Gasteiger charge is 2.10. The Morgan fingerprint density at radius 3 is 2.78 bits per heavy atom. The van der Waals surface area contributed by atoms with Crippen LogP contribution < -0.4 is 16.6 Å². The molecule has 1 rings (SSSR count). The van der Waals surface area contributed by atoms with Gasteiger partial charge in [0.15, 0.2) is 0 Å². The lowest BCUT2D eigenvalue weighted by atomic mass is 10.1. The molecule has 18 heavy (non-hydrogen) atoms. The quantitative estimate of drug-likeness (QED) is 0.405. The van der Waals surface area contributed by atoms with Crippen molar-refractivity contribution in [2.75, 3.05) is 24.0 Å². The van der Waals surface area contributed by atoms with Crippen molar-refractivity contribution in [3.63, 3.8) is 0 Å². The van der Waals surface area contributed by atoms with Gasteiger partial charge in [-0.25, -0.2) is 0 Å². The summed E-state index contributed by atoms with van der Waals surface area (Å²) in [6, 6.07) is 5.43. The van der Waals surface area contributed by atoms with E-state index < -0.39 is 10.8 Å². The second-order valence-corrected chi connectivity index (χ2v) is 5.63. The summed E-state index contributed by atoms with van der Waals surface area (Å²) in [6.45, 7) is 2.42. The first kappa shape index (κ1) is 14.7. The van der Waals surface area contributed by atoms with Gasteiger partial charge in [-0.1, -0.05) is 11.6 Å². The lowest BCUT2D eigenvalue weighted by Gasteiger charge is -2.10. The van der Waals surface area contributed by atoms with Gasteiger partial charge in [0.1, 0.15) is 0 Å². The number of rotatable bonds is 6. The number of nitrogens with one attached hydrogen (secondary N) is 2. The van der Waals surface area contributed by atoms with Crippen LogP contribution in [0.4, 0.5) is 5.69 Å². The molecule has 0 radical (unpaired) electrons. The van der Waals surface area contributed by atoms with Gasteiger partial charge in [0.2, 0.25) is 0 Å². The molecule has 5 nitrogen and oxygen atoms in total. The third-order valence-electron chi connectivity index (χ3n) is 2.47. The van der Waals surface area contributed by atoms with Crippen molar-refractivity contribution < 1.29 is 9.00 Å². The average molecular weight is 269 g/mol. The minimum atomic E-state index is -0.818. The summed E-state index contributed by atoms with van der Waals surface area (Å²) >= 11 is 0. The number of benzene rings is 1. The minimum Gasteiger partial charge on any atom is -0.352 e. The molecule has 0 spiro atoms. The van der Waals surface area contributed by atoms with E-state index in [1.165, 1.54) is 0 Å². The molecule has 0 heterocycles. The lowest BCUT2D eigenvalue weighted by Crippen LogP contribution is -2.27. The Labute approximate surface area is 110 Å². The van der Waals surface area contributed by atoms with Crippen LogP contribution >= 0.6 is 0 Å². The maximum atomic E-state index is 11.9. The fraction of sp³-hybridized carbons (Fsp3) is 0.417. The van der Waals surface area contributed by atoms with E-state index >= 15 is 0 Å². The average Bonchev–Trinajstić information content (AvgIpc) is 2.34. The molecular formula is C12H19N3O2S. The molecule has 1 aromatic rings. The van der Waals surface area contributed by atoms with Crippen LogP contribution in [0, 0.1) is 6.92 Å². The summed E-state index contributed by atoms with van der Waals surface area (Å²) in [5.41, 5.74) is 4.62. The van der Waals surface area contributed by atoms with Gasteiger partial charge < -0.3 is 10.7 Å². The Bertz CT molecular complexity index is 449. The van der Waals surface area contributed by atoms with Crippen molar-refractivity contribution in [1.82, 2.24) is 5.32 Å². The largest absolute Gasteiger partial charge is 0.352 e. The first-order chi connectivity index (χ1) is 8.54. The lowest BCUT2D eigenvalue weighted by molar-refractivity contribution is 0.0954. The zero-order valence-corrected chi connectivity index (χ0v) is 11.5. The van der Waals surface area contributed by atoms with Crippen LogP contribution in [0.3, 0.4) is 0 Å². The maximum Gasteiger partial charge on any atom is 0.253 e. The van der Waals surface area contributed by atoms with Gasteiger partial charge in [-0.05, 0) is 25.5 Å². The van der Waals surface area contributed by atoms with Crippen molar-refractivity contribution >= 4 is 22.4 Å². The Kier molecular flexibility index (Phi) is 5.80. The number of nitrogens with two attached hydrogens (primary N) is 1. The standard InChI is InChI=1S/C12H19N3O2S/c1-9-4-5-11(15-13)10(8-9)12(16)14-6-3-7-18(2)17/h4-5,8,15H,3,6-7,13H2,1-2H3,(H,14,16). The van der Waals surface area contributed by atoms with Crippen LogP contribution in [0.15, 0.2) is 18.2 Å². The summed E-state index contributed by atoms with van der Waals surface area (Å²) < 4.78 is 10.9. The van der Waals surface area contributed by atoms with Crippen LogP contribution in [-0.2, 0) is 10.8 Å². The molecule has 0 saturated carbocycles. The van der Waals surface area contributed by atoms with E-state index in [0.29, 0.717) is 30.0 Å². The molecule has 0 aromatic heterocycles. The van der Waals surface area contributed by atoms with Gasteiger partial charge in [0.05, 0.1) is 11.3 Å². The van der Waals surface area contributed by atoms with E-state index in [9.17, 15) is 9.00 Å². The predicted octanol–water partition coefficient (Wildman–Crippen LogP) is 0.779. The SMILES string of the molecule is Cc1ccc(NN)c(C(=O)NCCCS(C)=O)c1. The van der Waals surface area contributed by atoms with Gasteiger partial charge >= 0.3 is 0 Å². The zero-order valence-electron chi connectivity index (χ0n) is 10.7. The number of amides is 1. The van der Waals surface area contributed by atoms with E-state index in [2.05, 4.69) is 10.7 Å². The van der Waals surface area contributed by atoms with Crippen molar-refractivity contribution in [1.29, 1.82) is 0 Å². The van der Waals surface area contributed by atoms with Crippen LogP contribution in [0.25, 0.3) is 0 Å². The number of hydrogen-bond acceptors (Lipinski definition) is 4. The molecule has 6 heteroatoms. The molecule has 100 valence electrons. The molecule has 1 amide bonds. The molecular weight excluding hydrogens is 250 g/mol. The normalized spacial score (nSPS) is 11.9. The Balaban J connectivity index is 2.60. The number of aryl methyl sites for hydroxylation is 1. The fourth-order valence-corrected chi connectivity index (χ4v) is 2.10. The van der Waals surface area contributed by atoms with Crippen molar-refractivity contribution in [3.8, 4) is 0 Å². The minimum absolute atomic E-state index is 0.173. The Morgan fingerprint density at radius 1 is 1.44 bits per heavy atom. The van der Waals surface area contributed by atoms with E-state index in [4.69, 9.17) is 5.84 Å². The van der Waals surface area contributed by atoms with Crippen molar-refractivity contribution in [3.05, 3.63) is 29.3 Å². The van der Waals surface area contributed by atoms with Crippen LogP contribution in [0.5, 0.6) is 0 Å². The molecule has 0 bridgehead atoms. The molecule has 0 saturated heterocycles. The number of carbonyl (C=O) groups excluding carboxylic acids is 1. The van der Waals surface area contributed by atoms with Crippen LogP contribution in [-0.4, -0.2) is 28.7 Å². The van der Waals surface area contributed by atoms with Gasteiger partial charge in [0, 0.05) is 29.4 Å². The first-order valence-electron chi connectivity index (χ1n) is 5.70. The molecule has 1 unspecified atom stereocenters. The van der Waals surface area contributed by atoms with Crippen LogP contribution in [0.2, 0.25) is 0 Å². The summed E-state index contributed by atoms with van der Waals surface area (Å²) in [6.07, 6.45) is 2.35. The molecule has 0 aliphatic carbocycles. The summed E-state index contributed by atoms with van der Waals surface area (Å²) in [7, 11) is -0.818. The highest BCUT2D eigenvalue weighted by molar-refractivity contribution is 7.84.